The smallest absolute Gasteiger partial charge is 0.315 e. The molecule has 7 heteroatoms. The number of ether oxygens (including phenoxy) is 4. The van der Waals surface area contributed by atoms with Crippen molar-refractivity contribution in [2.75, 3.05) is 27.9 Å². The molecule has 7 nitrogen and oxygen atoms in total. The molecule has 2 aromatic carbocycles. The number of carbonyl (C=O) groups excluding carboxylic acids is 2. The lowest BCUT2D eigenvalue weighted by atomic mass is 9.67. The quantitative estimate of drug-likeness (QED) is 0.452. The molecule has 0 N–H and O–H groups in total. The van der Waals surface area contributed by atoms with E-state index in [1.54, 1.807) is 14.2 Å². The summed E-state index contributed by atoms with van der Waals surface area (Å²) in [5, 5.41) is 0. The van der Waals surface area contributed by atoms with E-state index in [1.165, 1.54) is 7.11 Å². The highest BCUT2D eigenvalue weighted by Crippen LogP contribution is 2.50. The number of ketones is 1. The maximum absolute atomic E-state index is 13.6. The number of rotatable bonds is 8. The second-order valence-corrected chi connectivity index (χ2v) is 10.4. The van der Waals surface area contributed by atoms with Gasteiger partial charge in [-0.1, -0.05) is 44.2 Å². The SMILES string of the molecule is COc1cc([C@@H]2C3=C(CC(C)(C)CC3=O)N=C(C)C2C(=O)OCCc2ccccc2)cc(OC)c1OC. The van der Waals surface area contributed by atoms with Crippen LogP contribution in [0, 0.1) is 11.3 Å². The van der Waals surface area contributed by atoms with Crippen LogP contribution in [-0.2, 0) is 20.7 Å². The van der Waals surface area contributed by atoms with Crippen LogP contribution in [0.2, 0.25) is 0 Å². The Balaban J connectivity index is 1.76. The van der Waals surface area contributed by atoms with Crippen molar-refractivity contribution in [3.8, 4) is 17.2 Å². The van der Waals surface area contributed by atoms with Crippen molar-refractivity contribution in [2.45, 2.75) is 46.0 Å². The van der Waals surface area contributed by atoms with Crippen molar-refractivity contribution in [1.29, 1.82) is 0 Å². The van der Waals surface area contributed by atoms with Crippen LogP contribution in [0.3, 0.4) is 0 Å². The third-order valence-corrected chi connectivity index (χ3v) is 7.08. The third-order valence-electron chi connectivity index (χ3n) is 7.08. The average molecular weight is 506 g/mol. The van der Waals surface area contributed by atoms with Gasteiger partial charge in [0.15, 0.2) is 17.3 Å². The predicted molar refractivity (Wildman–Crippen MR) is 142 cm³/mol. The number of methoxy groups -OCH3 is 3. The van der Waals surface area contributed by atoms with Crippen molar-refractivity contribution >= 4 is 17.5 Å². The highest BCUT2D eigenvalue weighted by Gasteiger charge is 2.46. The molecule has 0 bridgehead atoms. The lowest BCUT2D eigenvalue weighted by molar-refractivity contribution is -0.146. The van der Waals surface area contributed by atoms with Crippen LogP contribution >= 0.6 is 0 Å². The second kappa shape index (κ2) is 10.8. The Morgan fingerprint density at radius 2 is 1.65 bits per heavy atom. The highest BCUT2D eigenvalue weighted by atomic mass is 16.5. The minimum Gasteiger partial charge on any atom is -0.493 e. The second-order valence-electron chi connectivity index (χ2n) is 10.4. The summed E-state index contributed by atoms with van der Waals surface area (Å²) in [6.45, 7) is 6.21. The Morgan fingerprint density at radius 1 is 1.00 bits per heavy atom. The molecule has 1 heterocycles. The molecule has 1 aliphatic heterocycles. The fourth-order valence-corrected chi connectivity index (χ4v) is 5.40. The fourth-order valence-electron chi connectivity index (χ4n) is 5.40. The van der Waals surface area contributed by atoms with E-state index in [0.717, 1.165) is 11.3 Å². The van der Waals surface area contributed by atoms with Crippen molar-refractivity contribution in [1.82, 2.24) is 0 Å². The molecule has 37 heavy (non-hydrogen) atoms. The van der Waals surface area contributed by atoms with E-state index in [9.17, 15) is 9.59 Å². The van der Waals surface area contributed by atoms with E-state index >= 15 is 0 Å². The first-order valence-electron chi connectivity index (χ1n) is 12.5. The van der Waals surface area contributed by atoms with Crippen LogP contribution < -0.4 is 14.2 Å². The van der Waals surface area contributed by atoms with Crippen LogP contribution in [0.15, 0.2) is 58.7 Å². The predicted octanol–water partition coefficient (Wildman–Crippen LogP) is 5.32. The molecular weight excluding hydrogens is 470 g/mol. The molecule has 0 spiro atoms. The van der Waals surface area contributed by atoms with Crippen LogP contribution in [-0.4, -0.2) is 45.4 Å². The molecule has 1 aliphatic carbocycles. The minimum atomic E-state index is -0.748. The average Bonchev–Trinajstić information content (AvgIpc) is 2.86. The summed E-state index contributed by atoms with van der Waals surface area (Å²) in [4.78, 5) is 32.0. The maximum atomic E-state index is 13.6. The summed E-state index contributed by atoms with van der Waals surface area (Å²) in [7, 11) is 4.63. The van der Waals surface area contributed by atoms with E-state index in [2.05, 4.69) is 13.8 Å². The van der Waals surface area contributed by atoms with Gasteiger partial charge in [-0.3, -0.25) is 14.6 Å². The molecule has 0 fully saturated rings. The van der Waals surface area contributed by atoms with E-state index in [0.29, 0.717) is 53.4 Å². The Morgan fingerprint density at radius 3 is 2.24 bits per heavy atom. The van der Waals surface area contributed by atoms with Gasteiger partial charge in [0.2, 0.25) is 5.75 Å². The first-order valence-corrected chi connectivity index (χ1v) is 12.5. The van der Waals surface area contributed by atoms with Crippen molar-refractivity contribution < 1.29 is 28.5 Å². The fraction of sp³-hybridized carbons (Fsp3) is 0.433. The zero-order chi connectivity index (χ0) is 26.7. The van der Waals surface area contributed by atoms with E-state index in [-0.39, 0.29) is 17.8 Å². The van der Waals surface area contributed by atoms with Crippen LogP contribution in [0.4, 0.5) is 0 Å². The summed E-state index contributed by atoms with van der Waals surface area (Å²) in [5.74, 6) is -0.361. The van der Waals surface area contributed by atoms with Gasteiger partial charge in [-0.05, 0) is 42.0 Å². The van der Waals surface area contributed by atoms with E-state index < -0.39 is 17.8 Å². The third kappa shape index (κ3) is 5.41. The summed E-state index contributed by atoms with van der Waals surface area (Å²) >= 11 is 0. The molecule has 196 valence electrons. The van der Waals surface area contributed by atoms with Gasteiger partial charge in [0.05, 0.1) is 27.9 Å². The number of aliphatic imine (C=N–C) groups is 1. The zero-order valence-electron chi connectivity index (χ0n) is 22.4. The summed E-state index contributed by atoms with van der Waals surface area (Å²) < 4.78 is 22.5. The van der Waals surface area contributed by atoms with Gasteiger partial charge in [-0.25, -0.2) is 0 Å². The molecule has 0 saturated heterocycles. The van der Waals surface area contributed by atoms with Crippen LogP contribution in [0.1, 0.15) is 50.7 Å². The van der Waals surface area contributed by atoms with Crippen molar-refractivity contribution in [3.63, 3.8) is 0 Å². The van der Waals surface area contributed by atoms with Crippen LogP contribution in [0.5, 0.6) is 17.2 Å². The standard InChI is InChI=1S/C30H35NO6/c1-18-25(29(33)37-13-12-19-10-8-7-9-11-19)26(27-21(31-18)16-30(2,3)17-22(27)32)20-14-23(34-4)28(36-6)24(15-20)35-5/h7-11,14-15,25-26H,12-13,16-17H2,1-6H3/t25?,26-/m0/s1. The molecule has 2 aromatic rings. The number of hydrogen-bond acceptors (Lipinski definition) is 7. The van der Waals surface area contributed by atoms with Crippen molar-refractivity contribution in [2.24, 2.45) is 16.3 Å². The minimum absolute atomic E-state index is 0.00309. The topological polar surface area (TPSA) is 83.4 Å². The number of hydrogen-bond donors (Lipinski definition) is 0. The molecular formula is C30H35NO6. The summed E-state index contributed by atoms with van der Waals surface area (Å²) in [5.41, 5.74) is 3.54. The van der Waals surface area contributed by atoms with Gasteiger partial charge in [-0.2, -0.15) is 0 Å². The largest absolute Gasteiger partial charge is 0.493 e. The number of esters is 1. The Labute approximate surface area is 218 Å². The summed E-state index contributed by atoms with van der Waals surface area (Å²) in [6, 6.07) is 13.5. The number of benzene rings is 2. The molecule has 0 aromatic heterocycles. The Bertz CT molecular complexity index is 1220. The van der Waals surface area contributed by atoms with Gasteiger partial charge in [0, 0.05) is 35.7 Å². The Hall–Kier alpha value is -3.61. The van der Waals surface area contributed by atoms with Gasteiger partial charge in [0.25, 0.3) is 0 Å². The van der Waals surface area contributed by atoms with Crippen molar-refractivity contribution in [3.05, 3.63) is 64.9 Å². The van der Waals surface area contributed by atoms with Gasteiger partial charge >= 0.3 is 5.97 Å². The maximum Gasteiger partial charge on any atom is 0.315 e. The zero-order valence-corrected chi connectivity index (χ0v) is 22.4. The monoisotopic (exact) mass is 505 g/mol. The lowest BCUT2D eigenvalue weighted by Gasteiger charge is -2.39. The van der Waals surface area contributed by atoms with Gasteiger partial charge < -0.3 is 18.9 Å². The van der Waals surface area contributed by atoms with E-state index in [1.807, 2.05) is 49.4 Å². The number of Topliss-reactive ketones (excluding diaryl/α,β-unsaturated/α-hetero) is 1. The normalized spacial score (nSPS) is 20.6. The van der Waals surface area contributed by atoms with Gasteiger partial charge in [0.1, 0.15) is 5.92 Å². The molecule has 0 radical (unpaired) electrons. The van der Waals surface area contributed by atoms with Gasteiger partial charge in [-0.15, -0.1) is 0 Å². The van der Waals surface area contributed by atoms with Crippen LogP contribution in [0.25, 0.3) is 0 Å². The summed E-state index contributed by atoms with van der Waals surface area (Å²) in [6.07, 6.45) is 1.64. The molecule has 4 rings (SSSR count). The lowest BCUT2D eigenvalue weighted by Crippen LogP contribution is -2.39. The molecule has 2 aliphatic rings. The molecule has 2 atom stereocenters. The number of nitrogens with zero attached hydrogens (tertiary/aromatic N) is 1. The number of allylic oxidation sites excluding steroid dienone is 2. The molecule has 1 unspecified atom stereocenters. The first kappa shape index (κ1) is 26.5. The highest BCUT2D eigenvalue weighted by molar-refractivity contribution is 6.09. The first-order chi connectivity index (χ1) is 17.7. The molecule has 0 amide bonds. The number of carbonyl (C=O) groups is 2. The molecule has 0 saturated carbocycles. The van der Waals surface area contributed by atoms with E-state index in [4.69, 9.17) is 23.9 Å². The Kier molecular flexibility index (Phi) is 7.71.